The van der Waals surface area contributed by atoms with E-state index in [-0.39, 0.29) is 18.1 Å². The number of hydroxylamine groups is 1. The van der Waals surface area contributed by atoms with Crippen molar-refractivity contribution in [1.82, 2.24) is 15.4 Å². The number of rotatable bonds is 5. The molecule has 1 aromatic heterocycles. The van der Waals surface area contributed by atoms with Crippen LogP contribution in [0.2, 0.25) is 0 Å². The van der Waals surface area contributed by atoms with Gasteiger partial charge in [-0.15, -0.1) is 4.85 Å². The number of amides is 1. The molecule has 0 saturated heterocycles. The minimum Gasteiger partial charge on any atom is -0.472 e. The molecule has 20 heavy (non-hydrogen) atoms. The number of ether oxygens (including phenoxy) is 1. The fraction of sp³-hybridized carbons (Fsp3) is 0.0769. The summed E-state index contributed by atoms with van der Waals surface area (Å²) >= 11 is 0. The van der Waals surface area contributed by atoms with Gasteiger partial charge in [-0.25, -0.2) is 5.48 Å². The Morgan fingerprint density at radius 1 is 1.50 bits per heavy atom. The number of aromatic nitrogens is 2. The Morgan fingerprint density at radius 3 is 2.90 bits per heavy atom. The summed E-state index contributed by atoms with van der Waals surface area (Å²) in [5.41, 5.74) is 3.12. The van der Waals surface area contributed by atoms with Gasteiger partial charge in [-0.2, -0.15) is 0 Å². The van der Waals surface area contributed by atoms with Gasteiger partial charge in [-0.3, -0.25) is 10.0 Å². The Hall–Kier alpha value is -2.80. The highest BCUT2D eigenvalue weighted by atomic mass is 16.5. The standard InChI is InChI=1S/C13H13N3O4/c1-2-9-4-3-5-10(13(17)15-18)11(9)8-20-12-6-7-16(19)14-12/h2-7,18-19H,1,8H2,(H,15,17). The zero-order valence-electron chi connectivity index (χ0n) is 10.5. The van der Waals surface area contributed by atoms with Gasteiger partial charge in [-0.1, -0.05) is 29.9 Å². The number of hydrogen-bond acceptors (Lipinski definition) is 5. The first kappa shape index (κ1) is 13.6. The Bertz CT molecular complexity index is 636. The van der Waals surface area contributed by atoms with Crippen molar-refractivity contribution in [3.05, 3.63) is 53.7 Å². The summed E-state index contributed by atoms with van der Waals surface area (Å²) in [7, 11) is 0. The third-order valence-electron chi connectivity index (χ3n) is 2.69. The molecule has 0 spiro atoms. The largest absolute Gasteiger partial charge is 0.472 e. The molecule has 0 unspecified atom stereocenters. The molecule has 1 heterocycles. The summed E-state index contributed by atoms with van der Waals surface area (Å²) in [4.78, 5) is 12.2. The third-order valence-corrected chi connectivity index (χ3v) is 2.69. The van der Waals surface area contributed by atoms with Crippen molar-refractivity contribution in [3.8, 4) is 5.88 Å². The second-order valence-corrected chi connectivity index (χ2v) is 3.88. The first-order valence-electron chi connectivity index (χ1n) is 5.72. The zero-order valence-corrected chi connectivity index (χ0v) is 10.5. The van der Waals surface area contributed by atoms with Gasteiger partial charge in [0, 0.05) is 17.2 Å². The topological polar surface area (TPSA) is 96.6 Å². The Balaban J connectivity index is 2.28. The van der Waals surface area contributed by atoms with E-state index < -0.39 is 5.91 Å². The minimum atomic E-state index is -0.639. The van der Waals surface area contributed by atoms with Crippen LogP contribution in [0.15, 0.2) is 37.0 Å². The molecule has 2 rings (SSSR count). The fourth-order valence-corrected chi connectivity index (χ4v) is 1.75. The summed E-state index contributed by atoms with van der Waals surface area (Å²) in [6, 6.07) is 6.47. The lowest BCUT2D eigenvalue weighted by atomic mass is 10.0. The maximum absolute atomic E-state index is 11.6. The van der Waals surface area contributed by atoms with Crippen LogP contribution in [0.1, 0.15) is 21.5 Å². The number of carbonyl (C=O) groups excluding carboxylic acids is 1. The molecule has 7 nitrogen and oxygen atoms in total. The molecule has 1 aromatic carbocycles. The number of carbonyl (C=O) groups is 1. The van der Waals surface area contributed by atoms with Crippen LogP contribution in [0.3, 0.4) is 0 Å². The number of hydrogen-bond donors (Lipinski definition) is 3. The number of nitrogens with one attached hydrogen (secondary N) is 1. The summed E-state index contributed by atoms with van der Waals surface area (Å²) < 4.78 is 5.39. The lowest BCUT2D eigenvalue weighted by Gasteiger charge is -2.11. The molecule has 0 fully saturated rings. The van der Waals surface area contributed by atoms with E-state index in [4.69, 9.17) is 15.2 Å². The van der Waals surface area contributed by atoms with Crippen LogP contribution in [0, 0.1) is 0 Å². The lowest BCUT2D eigenvalue weighted by molar-refractivity contribution is 0.0703. The van der Waals surface area contributed by atoms with E-state index in [1.807, 2.05) is 0 Å². The summed E-state index contributed by atoms with van der Waals surface area (Å²) in [5.74, 6) is -0.429. The molecule has 104 valence electrons. The Kier molecular flexibility index (Phi) is 4.02. The fourth-order valence-electron chi connectivity index (χ4n) is 1.75. The predicted octanol–water partition coefficient (Wildman–Crippen LogP) is 1.46. The van der Waals surface area contributed by atoms with E-state index >= 15 is 0 Å². The summed E-state index contributed by atoms with van der Waals surface area (Å²) in [6.07, 6.45) is 2.90. The lowest BCUT2D eigenvalue weighted by Crippen LogP contribution is -2.21. The van der Waals surface area contributed by atoms with Gasteiger partial charge < -0.3 is 9.94 Å². The Morgan fingerprint density at radius 2 is 2.30 bits per heavy atom. The molecule has 2 aromatic rings. The highest BCUT2D eigenvalue weighted by Gasteiger charge is 2.14. The average molecular weight is 275 g/mol. The highest BCUT2D eigenvalue weighted by Crippen LogP contribution is 2.19. The molecule has 0 bridgehead atoms. The van der Waals surface area contributed by atoms with E-state index in [1.54, 1.807) is 29.8 Å². The molecule has 3 N–H and O–H groups in total. The molecular formula is C13H13N3O4. The van der Waals surface area contributed by atoms with Crippen LogP contribution < -0.4 is 10.2 Å². The van der Waals surface area contributed by atoms with Gasteiger partial charge in [0.1, 0.15) is 6.61 Å². The van der Waals surface area contributed by atoms with Crippen LogP contribution >= 0.6 is 0 Å². The molecular weight excluding hydrogens is 262 g/mol. The maximum Gasteiger partial charge on any atom is 0.275 e. The minimum absolute atomic E-state index is 0.0436. The molecule has 0 saturated carbocycles. The molecule has 0 atom stereocenters. The van der Waals surface area contributed by atoms with Gasteiger partial charge in [0.15, 0.2) is 0 Å². The smallest absolute Gasteiger partial charge is 0.275 e. The highest BCUT2D eigenvalue weighted by molar-refractivity contribution is 5.95. The zero-order chi connectivity index (χ0) is 14.5. The van der Waals surface area contributed by atoms with Crippen LogP contribution in [0.5, 0.6) is 5.88 Å². The van der Waals surface area contributed by atoms with Crippen molar-refractivity contribution in [2.24, 2.45) is 0 Å². The monoisotopic (exact) mass is 275 g/mol. The molecule has 1 amide bonds. The van der Waals surface area contributed by atoms with Gasteiger partial charge in [0.2, 0.25) is 5.88 Å². The van der Waals surface area contributed by atoms with Crippen LogP contribution in [-0.2, 0) is 6.61 Å². The second kappa shape index (κ2) is 5.89. The Labute approximate surface area is 114 Å². The van der Waals surface area contributed by atoms with E-state index in [0.29, 0.717) is 16.0 Å². The molecule has 0 aliphatic rings. The summed E-state index contributed by atoms with van der Waals surface area (Å²) in [6.45, 7) is 3.71. The van der Waals surface area contributed by atoms with Crippen molar-refractivity contribution in [2.75, 3.05) is 0 Å². The first-order chi connectivity index (χ1) is 9.65. The van der Waals surface area contributed by atoms with Crippen molar-refractivity contribution in [1.29, 1.82) is 0 Å². The quantitative estimate of drug-likeness (QED) is 0.436. The van der Waals surface area contributed by atoms with Crippen molar-refractivity contribution < 1.29 is 19.9 Å². The summed E-state index contributed by atoms with van der Waals surface area (Å²) in [5, 5.41) is 21.4. The van der Waals surface area contributed by atoms with Gasteiger partial charge in [-0.05, 0) is 11.6 Å². The van der Waals surface area contributed by atoms with Crippen molar-refractivity contribution in [2.45, 2.75) is 6.61 Å². The van der Waals surface area contributed by atoms with Crippen molar-refractivity contribution in [3.63, 3.8) is 0 Å². The van der Waals surface area contributed by atoms with Crippen LogP contribution in [-0.4, -0.2) is 26.3 Å². The maximum atomic E-state index is 11.6. The molecule has 7 heteroatoms. The third kappa shape index (κ3) is 2.78. The number of benzene rings is 1. The SMILES string of the molecule is C=Cc1cccc(C(=O)NO)c1COc1ccn(O)n1. The van der Waals surface area contributed by atoms with E-state index in [2.05, 4.69) is 11.7 Å². The van der Waals surface area contributed by atoms with Crippen LogP contribution in [0.25, 0.3) is 6.08 Å². The normalized spacial score (nSPS) is 10.1. The van der Waals surface area contributed by atoms with Crippen molar-refractivity contribution >= 4 is 12.0 Å². The van der Waals surface area contributed by atoms with E-state index in [9.17, 15) is 4.79 Å². The molecule has 0 radical (unpaired) electrons. The van der Waals surface area contributed by atoms with E-state index in [1.165, 1.54) is 12.3 Å². The van der Waals surface area contributed by atoms with E-state index in [0.717, 1.165) is 0 Å². The van der Waals surface area contributed by atoms with Gasteiger partial charge >= 0.3 is 0 Å². The molecule has 0 aliphatic heterocycles. The predicted molar refractivity (Wildman–Crippen MR) is 69.5 cm³/mol. The second-order valence-electron chi connectivity index (χ2n) is 3.88. The number of nitrogens with zero attached hydrogens (tertiary/aromatic N) is 2. The van der Waals surface area contributed by atoms with Gasteiger partial charge in [0.05, 0.1) is 6.20 Å². The van der Waals surface area contributed by atoms with Crippen LogP contribution in [0.4, 0.5) is 0 Å². The first-order valence-corrected chi connectivity index (χ1v) is 5.72. The van der Waals surface area contributed by atoms with Gasteiger partial charge in [0.25, 0.3) is 5.91 Å². The average Bonchev–Trinajstić information content (AvgIpc) is 2.89. The molecule has 0 aliphatic carbocycles.